The summed E-state index contributed by atoms with van der Waals surface area (Å²) in [6.07, 6.45) is -5.71. The van der Waals surface area contributed by atoms with Crippen molar-refractivity contribution in [3.63, 3.8) is 0 Å². The van der Waals surface area contributed by atoms with Crippen molar-refractivity contribution < 1.29 is 31.9 Å². The Balaban J connectivity index is 2.13. The van der Waals surface area contributed by atoms with Crippen LogP contribution in [-0.4, -0.2) is 41.1 Å². The van der Waals surface area contributed by atoms with Gasteiger partial charge in [0.25, 0.3) is 11.8 Å². The molecule has 1 saturated heterocycles. The molecule has 0 radical (unpaired) electrons. The topological polar surface area (TPSA) is 40.5 Å². The molecule has 0 aliphatic carbocycles. The van der Waals surface area contributed by atoms with E-state index in [9.17, 15) is 31.9 Å². The van der Waals surface area contributed by atoms with Crippen LogP contribution in [0, 0.1) is 0 Å². The highest BCUT2D eigenvalue weighted by Gasteiger charge is 2.51. The van der Waals surface area contributed by atoms with Crippen molar-refractivity contribution in [2.24, 2.45) is 0 Å². The summed E-state index contributed by atoms with van der Waals surface area (Å²) in [5, 5.41) is 9.55. The number of likely N-dealkylation sites (tertiary alicyclic amines) is 1. The van der Waals surface area contributed by atoms with Gasteiger partial charge in [0.15, 0.2) is 5.60 Å². The van der Waals surface area contributed by atoms with Crippen LogP contribution in [-0.2, 0) is 5.60 Å². The number of nitrogens with zero attached hydrogens (tertiary/aromatic N) is 1. The van der Waals surface area contributed by atoms with E-state index in [0.717, 1.165) is 24.3 Å². The van der Waals surface area contributed by atoms with Crippen LogP contribution in [0.15, 0.2) is 24.3 Å². The number of halogens is 5. The van der Waals surface area contributed by atoms with Crippen molar-refractivity contribution >= 4 is 5.91 Å². The minimum Gasteiger partial charge on any atom is -0.376 e. The van der Waals surface area contributed by atoms with Crippen molar-refractivity contribution in [2.45, 2.75) is 37.5 Å². The van der Waals surface area contributed by atoms with Crippen molar-refractivity contribution in [1.82, 2.24) is 4.90 Å². The molecule has 1 unspecified atom stereocenters. The van der Waals surface area contributed by atoms with Gasteiger partial charge in [0.05, 0.1) is 0 Å². The fourth-order valence-corrected chi connectivity index (χ4v) is 2.32. The van der Waals surface area contributed by atoms with Crippen LogP contribution < -0.4 is 0 Å². The smallest absolute Gasteiger partial charge is 0.376 e. The molecule has 128 valence electrons. The molecule has 1 heterocycles. The van der Waals surface area contributed by atoms with Gasteiger partial charge in [-0.1, -0.05) is 12.1 Å². The number of carbonyl (C=O) groups excluding carboxylic acids is 1. The Morgan fingerprint density at radius 2 is 1.61 bits per heavy atom. The number of hydrogen-bond acceptors (Lipinski definition) is 2. The summed E-state index contributed by atoms with van der Waals surface area (Å²) in [5.74, 6) is -3.30. The normalized spacial score (nSPS) is 20.9. The second-order valence-electron chi connectivity index (χ2n) is 5.80. The number of aliphatic hydroxyl groups is 1. The molecule has 1 amide bonds. The van der Waals surface area contributed by atoms with Gasteiger partial charge in [-0.2, -0.15) is 13.2 Å². The van der Waals surface area contributed by atoms with Crippen LogP contribution in [0.3, 0.4) is 0 Å². The molecular formula is C15H16F5NO2. The number of amides is 1. The number of piperidine rings is 1. The van der Waals surface area contributed by atoms with Gasteiger partial charge in [0, 0.05) is 31.5 Å². The minimum absolute atomic E-state index is 0.0944. The molecule has 0 saturated carbocycles. The van der Waals surface area contributed by atoms with E-state index >= 15 is 0 Å². The molecule has 0 bridgehead atoms. The van der Waals surface area contributed by atoms with Crippen LogP contribution in [0.2, 0.25) is 0 Å². The molecule has 1 aliphatic rings. The van der Waals surface area contributed by atoms with E-state index in [1.165, 1.54) is 4.90 Å². The molecule has 1 fully saturated rings. The highest BCUT2D eigenvalue weighted by Crippen LogP contribution is 2.38. The van der Waals surface area contributed by atoms with Gasteiger partial charge in [0.1, 0.15) is 0 Å². The molecule has 2 rings (SSSR count). The average Bonchev–Trinajstić information content (AvgIpc) is 2.45. The second-order valence-corrected chi connectivity index (χ2v) is 5.80. The molecule has 1 aliphatic heterocycles. The van der Waals surface area contributed by atoms with Gasteiger partial charge in [-0.3, -0.25) is 4.79 Å². The number of carbonyl (C=O) groups is 1. The molecule has 1 N–H and O–H groups in total. The molecule has 3 nitrogen and oxygen atoms in total. The van der Waals surface area contributed by atoms with Crippen LogP contribution >= 0.6 is 0 Å². The van der Waals surface area contributed by atoms with Crippen LogP contribution in [0.25, 0.3) is 0 Å². The maximum absolute atomic E-state index is 13.1. The summed E-state index contributed by atoms with van der Waals surface area (Å²) >= 11 is 0. The van der Waals surface area contributed by atoms with Gasteiger partial charge in [-0.05, 0) is 24.6 Å². The summed E-state index contributed by atoms with van der Waals surface area (Å²) in [5.41, 5.74) is -3.33. The second kappa shape index (κ2) is 5.74. The summed E-state index contributed by atoms with van der Waals surface area (Å²) in [6.45, 7) is 0.415. The fourth-order valence-electron chi connectivity index (χ4n) is 2.32. The third kappa shape index (κ3) is 3.63. The van der Waals surface area contributed by atoms with Gasteiger partial charge >= 0.3 is 6.18 Å². The molecule has 0 aromatic heterocycles. The van der Waals surface area contributed by atoms with Crippen molar-refractivity contribution in [3.05, 3.63) is 35.4 Å². The zero-order valence-corrected chi connectivity index (χ0v) is 12.3. The van der Waals surface area contributed by atoms with Gasteiger partial charge in [-0.15, -0.1) is 0 Å². The monoisotopic (exact) mass is 337 g/mol. The van der Waals surface area contributed by atoms with E-state index in [2.05, 4.69) is 0 Å². The lowest BCUT2D eigenvalue weighted by Gasteiger charge is -2.32. The first kappa shape index (κ1) is 17.7. The third-order valence-corrected chi connectivity index (χ3v) is 4.03. The van der Waals surface area contributed by atoms with E-state index in [-0.39, 0.29) is 18.7 Å². The largest absolute Gasteiger partial charge is 0.421 e. The minimum atomic E-state index is -4.85. The summed E-state index contributed by atoms with van der Waals surface area (Å²) in [7, 11) is 0. The first-order valence-corrected chi connectivity index (χ1v) is 7.01. The van der Waals surface area contributed by atoms with Crippen LogP contribution in [0.4, 0.5) is 22.0 Å². The molecule has 8 heteroatoms. The summed E-state index contributed by atoms with van der Waals surface area (Å²) in [6, 6.07) is 4.34. The molecule has 0 spiro atoms. The highest BCUT2D eigenvalue weighted by molar-refractivity contribution is 5.94. The SMILES string of the molecule is CC(O)(c1ccc(C(=O)N2CCC(F)(F)CC2)cc1)C(F)(F)F. The molecule has 1 aromatic carbocycles. The predicted octanol–water partition coefficient (Wildman–Crippen LogP) is 3.33. The maximum atomic E-state index is 13.1. The summed E-state index contributed by atoms with van der Waals surface area (Å²) in [4.78, 5) is 13.4. The highest BCUT2D eigenvalue weighted by atomic mass is 19.4. The Kier molecular flexibility index (Phi) is 4.40. The number of alkyl halides is 5. The predicted molar refractivity (Wildman–Crippen MR) is 72.2 cm³/mol. The van der Waals surface area contributed by atoms with Gasteiger partial charge < -0.3 is 10.0 Å². The first-order valence-electron chi connectivity index (χ1n) is 7.01. The lowest BCUT2D eigenvalue weighted by molar-refractivity contribution is -0.258. The lowest BCUT2D eigenvalue weighted by atomic mass is 9.94. The average molecular weight is 337 g/mol. The Bertz CT molecular complexity index is 571. The zero-order valence-electron chi connectivity index (χ0n) is 12.3. The maximum Gasteiger partial charge on any atom is 0.421 e. The Hall–Kier alpha value is -1.70. The quantitative estimate of drug-likeness (QED) is 0.841. The van der Waals surface area contributed by atoms with Gasteiger partial charge in [-0.25, -0.2) is 8.78 Å². The van der Waals surface area contributed by atoms with E-state index in [1.807, 2.05) is 0 Å². The lowest BCUT2D eigenvalue weighted by Crippen LogP contribution is -2.42. The number of rotatable bonds is 2. The number of benzene rings is 1. The van der Waals surface area contributed by atoms with Crippen molar-refractivity contribution in [3.8, 4) is 0 Å². The zero-order chi connectivity index (χ0) is 17.5. The summed E-state index contributed by atoms with van der Waals surface area (Å²) < 4.78 is 64.4. The van der Waals surface area contributed by atoms with E-state index in [4.69, 9.17) is 0 Å². The van der Waals surface area contributed by atoms with Crippen LogP contribution in [0.5, 0.6) is 0 Å². The van der Waals surface area contributed by atoms with E-state index < -0.39 is 42.0 Å². The Morgan fingerprint density at radius 1 is 1.13 bits per heavy atom. The third-order valence-electron chi connectivity index (χ3n) is 4.03. The number of hydrogen-bond donors (Lipinski definition) is 1. The first-order chi connectivity index (χ1) is 10.4. The fraction of sp³-hybridized carbons (Fsp3) is 0.533. The molecular weight excluding hydrogens is 321 g/mol. The van der Waals surface area contributed by atoms with Crippen molar-refractivity contribution in [2.75, 3.05) is 13.1 Å². The van der Waals surface area contributed by atoms with E-state index in [1.54, 1.807) is 0 Å². The molecule has 1 aromatic rings. The standard InChI is InChI=1S/C15H16F5NO2/c1-13(23,15(18,19)20)11-4-2-10(3-5-11)12(22)21-8-6-14(16,17)7-9-21/h2-5,23H,6-9H2,1H3. The Morgan fingerprint density at radius 3 is 2.04 bits per heavy atom. The Labute approximate surface area is 129 Å². The molecule has 1 atom stereocenters. The van der Waals surface area contributed by atoms with Crippen LogP contribution in [0.1, 0.15) is 35.7 Å². The van der Waals surface area contributed by atoms with Gasteiger partial charge in [0.2, 0.25) is 0 Å². The van der Waals surface area contributed by atoms with E-state index in [0.29, 0.717) is 6.92 Å². The molecule has 23 heavy (non-hydrogen) atoms. The van der Waals surface area contributed by atoms with Crippen molar-refractivity contribution in [1.29, 1.82) is 0 Å².